The fourth-order valence-corrected chi connectivity index (χ4v) is 3.17. The number of aryl methyl sites for hydroxylation is 1. The van der Waals surface area contributed by atoms with Crippen LogP contribution in [0.25, 0.3) is 22.6 Å². The molecule has 3 heteroatoms. The van der Waals surface area contributed by atoms with Gasteiger partial charge in [0.05, 0.1) is 0 Å². The molecule has 0 radical (unpaired) electrons. The minimum Gasteiger partial charge on any atom is -0.436 e. The Morgan fingerprint density at radius 3 is 2.59 bits per heavy atom. The molecule has 1 aromatic heterocycles. The average Bonchev–Trinajstić information content (AvgIpc) is 2.99. The maximum atomic E-state index is 6.00. The molecule has 2 aromatic carbocycles. The van der Waals surface area contributed by atoms with Gasteiger partial charge < -0.3 is 9.73 Å². The van der Waals surface area contributed by atoms with Crippen molar-refractivity contribution in [3.05, 3.63) is 53.6 Å². The van der Waals surface area contributed by atoms with E-state index in [0.717, 1.165) is 29.8 Å². The SMILES string of the molecule is Cc1ccc(-c2nc3ccc(C4CCNCC4)cc3o2)cc1. The fourth-order valence-electron chi connectivity index (χ4n) is 3.17. The molecule has 0 aliphatic carbocycles. The Labute approximate surface area is 130 Å². The molecule has 0 saturated carbocycles. The minimum absolute atomic E-state index is 0.638. The third-order valence-electron chi connectivity index (χ3n) is 4.52. The van der Waals surface area contributed by atoms with Crippen molar-refractivity contribution in [1.82, 2.24) is 10.3 Å². The quantitative estimate of drug-likeness (QED) is 0.766. The van der Waals surface area contributed by atoms with Gasteiger partial charge in [-0.3, -0.25) is 0 Å². The first kappa shape index (κ1) is 13.5. The molecule has 1 fully saturated rings. The van der Waals surface area contributed by atoms with Crippen LogP contribution in [0.5, 0.6) is 0 Å². The molecule has 2 heterocycles. The standard InChI is InChI=1S/C19H20N2O/c1-13-2-4-15(5-3-13)19-21-17-7-6-16(12-18(17)22-19)14-8-10-20-11-9-14/h2-7,12,14,20H,8-11H2,1H3. The summed E-state index contributed by atoms with van der Waals surface area (Å²) < 4.78 is 6.00. The van der Waals surface area contributed by atoms with E-state index in [0.29, 0.717) is 11.8 Å². The summed E-state index contributed by atoms with van der Waals surface area (Å²) >= 11 is 0. The van der Waals surface area contributed by atoms with Crippen molar-refractivity contribution >= 4 is 11.1 Å². The molecule has 0 atom stereocenters. The van der Waals surface area contributed by atoms with Gasteiger partial charge in [0, 0.05) is 5.56 Å². The summed E-state index contributed by atoms with van der Waals surface area (Å²) in [5, 5.41) is 3.42. The third-order valence-corrected chi connectivity index (χ3v) is 4.52. The number of rotatable bonds is 2. The summed E-state index contributed by atoms with van der Waals surface area (Å²) in [6.45, 7) is 4.29. The minimum atomic E-state index is 0.638. The summed E-state index contributed by atoms with van der Waals surface area (Å²) in [6, 6.07) is 14.8. The predicted octanol–water partition coefficient (Wildman–Crippen LogP) is 4.27. The number of hydrogen-bond acceptors (Lipinski definition) is 3. The number of hydrogen-bond donors (Lipinski definition) is 1. The van der Waals surface area contributed by atoms with Crippen LogP contribution < -0.4 is 5.32 Å². The van der Waals surface area contributed by atoms with E-state index in [1.165, 1.54) is 24.0 Å². The summed E-state index contributed by atoms with van der Waals surface area (Å²) in [4.78, 5) is 4.62. The lowest BCUT2D eigenvalue weighted by molar-refractivity contribution is 0.460. The van der Waals surface area contributed by atoms with Crippen molar-refractivity contribution in [1.29, 1.82) is 0 Å². The largest absolute Gasteiger partial charge is 0.436 e. The third kappa shape index (κ3) is 2.53. The molecule has 3 nitrogen and oxygen atoms in total. The van der Waals surface area contributed by atoms with Crippen molar-refractivity contribution < 1.29 is 4.42 Å². The smallest absolute Gasteiger partial charge is 0.227 e. The van der Waals surface area contributed by atoms with Gasteiger partial charge in [0.15, 0.2) is 5.58 Å². The summed E-state index contributed by atoms with van der Waals surface area (Å²) in [5.74, 6) is 1.34. The first-order chi connectivity index (χ1) is 10.8. The van der Waals surface area contributed by atoms with Gasteiger partial charge in [0.1, 0.15) is 5.52 Å². The number of nitrogens with zero attached hydrogens (tertiary/aromatic N) is 1. The van der Waals surface area contributed by atoms with E-state index in [1.807, 2.05) is 0 Å². The zero-order chi connectivity index (χ0) is 14.9. The van der Waals surface area contributed by atoms with Gasteiger partial charge in [0.25, 0.3) is 0 Å². The summed E-state index contributed by atoms with van der Waals surface area (Å²) in [7, 11) is 0. The first-order valence-electron chi connectivity index (χ1n) is 7.98. The van der Waals surface area contributed by atoms with Gasteiger partial charge in [-0.2, -0.15) is 0 Å². The topological polar surface area (TPSA) is 38.1 Å². The van der Waals surface area contributed by atoms with Gasteiger partial charge in [-0.05, 0) is 68.6 Å². The van der Waals surface area contributed by atoms with E-state index in [-0.39, 0.29) is 0 Å². The normalized spacial score (nSPS) is 16.2. The number of piperidine rings is 1. The van der Waals surface area contributed by atoms with E-state index in [2.05, 4.69) is 59.7 Å². The molecule has 3 aromatic rings. The van der Waals surface area contributed by atoms with Crippen LogP contribution in [0.1, 0.15) is 29.9 Å². The average molecular weight is 292 g/mol. The molecule has 4 rings (SSSR count). The zero-order valence-electron chi connectivity index (χ0n) is 12.8. The molecule has 1 aliphatic rings. The predicted molar refractivity (Wildman–Crippen MR) is 89.0 cm³/mol. The molecule has 1 aliphatic heterocycles. The Morgan fingerprint density at radius 2 is 1.82 bits per heavy atom. The molecule has 1 saturated heterocycles. The number of benzene rings is 2. The molecule has 0 bridgehead atoms. The number of fused-ring (bicyclic) bond motifs is 1. The van der Waals surface area contributed by atoms with E-state index in [9.17, 15) is 0 Å². The van der Waals surface area contributed by atoms with E-state index in [4.69, 9.17) is 4.42 Å². The second kappa shape index (κ2) is 5.58. The van der Waals surface area contributed by atoms with Crippen LogP contribution in [0.4, 0.5) is 0 Å². The number of oxazole rings is 1. The van der Waals surface area contributed by atoms with Crippen LogP contribution in [0.15, 0.2) is 46.9 Å². The molecule has 1 N–H and O–H groups in total. The number of nitrogens with one attached hydrogen (secondary N) is 1. The van der Waals surface area contributed by atoms with Crippen molar-refractivity contribution in [3.63, 3.8) is 0 Å². The highest BCUT2D eigenvalue weighted by Crippen LogP contribution is 2.30. The van der Waals surface area contributed by atoms with Crippen LogP contribution >= 0.6 is 0 Å². The van der Waals surface area contributed by atoms with Gasteiger partial charge in [0.2, 0.25) is 5.89 Å². The van der Waals surface area contributed by atoms with Crippen LogP contribution in [0.2, 0.25) is 0 Å². The lowest BCUT2D eigenvalue weighted by atomic mass is 9.90. The van der Waals surface area contributed by atoms with Gasteiger partial charge in [-0.25, -0.2) is 4.98 Å². The molecule has 0 amide bonds. The Morgan fingerprint density at radius 1 is 1.05 bits per heavy atom. The molecule has 0 spiro atoms. The van der Waals surface area contributed by atoms with Crippen molar-refractivity contribution in [2.75, 3.05) is 13.1 Å². The lowest BCUT2D eigenvalue weighted by Crippen LogP contribution is -2.26. The second-order valence-corrected chi connectivity index (χ2v) is 6.14. The van der Waals surface area contributed by atoms with E-state index >= 15 is 0 Å². The monoisotopic (exact) mass is 292 g/mol. The Kier molecular flexibility index (Phi) is 3.43. The first-order valence-corrected chi connectivity index (χ1v) is 7.98. The fraction of sp³-hybridized carbons (Fsp3) is 0.316. The molecule has 22 heavy (non-hydrogen) atoms. The van der Waals surface area contributed by atoms with Crippen molar-refractivity contribution in [2.45, 2.75) is 25.7 Å². The molecular formula is C19H20N2O. The summed E-state index contributed by atoms with van der Waals surface area (Å²) in [6.07, 6.45) is 2.40. The lowest BCUT2D eigenvalue weighted by Gasteiger charge is -2.22. The Bertz CT molecular complexity index is 783. The highest BCUT2D eigenvalue weighted by atomic mass is 16.3. The molecule has 0 unspecified atom stereocenters. The van der Waals surface area contributed by atoms with E-state index in [1.54, 1.807) is 0 Å². The van der Waals surface area contributed by atoms with Crippen molar-refractivity contribution in [2.24, 2.45) is 0 Å². The highest BCUT2D eigenvalue weighted by Gasteiger charge is 2.17. The highest BCUT2D eigenvalue weighted by molar-refractivity contribution is 5.77. The van der Waals surface area contributed by atoms with Crippen LogP contribution in [0.3, 0.4) is 0 Å². The van der Waals surface area contributed by atoms with E-state index < -0.39 is 0 Å². The van der Waals surface area contributed by atoms with Crippen LogP contribution in [0, 0.1) is 6.92 Å². The maximum Gasteiger partial charge on any atom is 0.227 e. The van der Waals surface area contributed by atoms with Gasteiger partial charge in [-0.1, -0.05) is 23.8 Å². The molecular weight excluding hydrogens is 272 g/mol. The van der Waals surface area contributed by atoms with Crippen molar-refractivity contribution in [3.8, 4) is 11.5 Å². The maximum absolute atomic E-state index is 6.00. The van der Waals surface area contributed by atoms with Gasteiger partial charge >= 0.3 is 0 Å². The zero-order valence-corrected chi connectivity index (χ0v) is 12.8. The molecule has 112 valence electrons. The second-order valence-electron chi connectivity index (χ2n) is 6.14. The van der Waals surface area contributed by atoms with Crippen LogP contribution in [-0.2, 0) is 0 Å². The Hall–Kier alpha value is -2.13. The Balaban J connectivity index is 1.69. The van der Waals surface area contributed by atoms with Crippen LogP contribution in [-0.4, -0.2) is 18.1 Å². The van der Waals surface area contributed by atoms with Gasteiger partial charge in [-0.15, -0.1) is 0 Å². The number of aromatic nitrogens is 1. The summed E-state index contributed by atoms with van der Waals surface area (Å²) in [5.41, 5.74) is 5.48.